The average molecular weight is 419 g/mol. The van der Waals surface area contributed by atoms with Crippen LogP contribution in [0.5, 0.6) is 0 Å². The quantitative estimate of drug-likeness (QED) is 0.596. The van der Waals surface area contributed by atoms with Crippen LogP contribution in [-0.2, 0) is 9.47 Å². The summed E-state index contributed by atoms with van der Waals surface area (Å²) in [6.07, 6.45) is 0. The molecule has 0 spiro atoms. The van der Waals surface area contributed by atoms with E-state index in [0.717, 1.165) is 62.5 Å². The third kappa shape index (κ3) is 6.56. The van der Waals surface area contributed by atoms with E-state index < -0.39 is 0 Å². The van der Waals surface area contributed by atoms with Crippen LogP contribution in [0.15, 0.2) is 28.6 Å². The molecule has 2 saturated heterocycles. The number of rotatable bonds is 4. The molecule has 0 radical (unpaired) electrons. The molecule has 0 bridgehead atoms. The van der Waals surface area contributed by atoms with E-state index in [2.05, 4.69) is 13.6 Å². The lowest BCUT2D eigenvalue weighted by molar-refractivity contribution is 0.0761. The molecule has 3 heterocycles. The summed E-state index contributed by atoms with van der Waals surface area (Å²) in [6.45, 7) is 7.66. The molecule has 2 aliphatic heterocycles. The molecule has 0 aliphatic carbocycles. The molecule has 0 amide bonds. The molecule has 6 nitrogen and oxygen atoms in total. The van der Waals surface area contributed by atoms with E-state index in [1.54, 1.807) is 11.3 Å². The predicted octanol–water partition coefficient (Wildman–Crippen LogP) is 3.12. The second kappa shape index (κ2) is 11.0. The lowest BCUT2D eigenvalue weighted by Crippen LogP contribution is -2.33. The summed E-state index contributed by atoms with van der Waals surface area (Å²) in [7, 11) is 3.69. The van der Waals surface area contributed by atoms with Gasteiger partial charge in [-0.05, 0) is 24.1 Å². The Morgan fingerprint density at radius 3 is 2.00 bits per heavy atom. The van der Waals surface area contributed by atoms with E-state index in [1.807, 2.05) is 46.2 Å². The fraction of sp³-hybridized carbons (Fsp3) is 0.533. The Kier molecular flexibility index (Phi) is 8.64. The zero-order chi connectivity index (χ0) is 17.3. The summed E-state index contributed by atoms with van der Waals surface area (Å²) in [5.41, 5.74) is 1.03. The van der Waals surface area contributed by atoms with Crippen molar-refractivity contribution in [3.63, 3.8) is 0 Å². The van der Waals surface area contributed by atoms with Gasteiger partial charge in [0, 0.05) is 48.1 Å². The molecule has 1 aromatic heterocycles. The van der Waals surface area contributed by atoms with Gasteiger partial charge < -0.3 is 9.47 Å². The number of thiazole rings is 1. The van der Waals surface area contributed by atoms with Crippen molar-refractivity contribution < 1.29 is 9.47 Å². The van der Waals surface area contributed by atoms with Gasteiger partial charge in [0.1, 0.15) is 0 Å². The third-order valence-electron chi connectivity index (χ3n) is 3.56. The molecule has 10 heteroatoms. The standard InChI is InChI=1S/C8H16N2O2S2.C7H6N2S2/c1-5-11-6-2-9(1)13-14-10-3-7-12-8-4-10;8-11-7-9-5-3-1-2-4-6(5)10-7/h1-8H2;1-4H,8H2. The van der Waals surface area contributed by atoms with E-state index in [9.17, 15) is 0 Å². The summed E-state index contributed by atoms with van der Waals surface area (Å²) in [4.78, 5) is 4.29. The van der Waals surface area contributed by atoms with E-state index in [4.69, 9.17) is 14.6 Å². The van der Waals surface area contributed by atoms with Crippen molar-refractivity contribution in [2.24, 2.45) is 5.14 Å². The Bertz CT molecular complexity index is 582. The van der Waals surface area contributed by atoms with Crippen molar-refractivity contribution in [1.82, 2.24) is 13.6 Å². The number of nitrogens with zero attached hydrogens (tertiary/aromatic N) is 3. The summed E-state index contributed by atoms with van der Waals surface area (Å²) < 4.78 is 17.4. The molecule has 0 unspecified atom stereocenters. The predicted molar refractivity (Wildman–Crippen MR) is 110 cm³/mol. The van der Waals surface area contributed by atoms with Gasteiger partial charge in [0.05, 0.1) is 36.6 Å². The lowest BCUT2D eigenvalue weighted by Gasteiger charge is -2.29. The van der Waals surface area contributed by atoms with Crippen molar-refractivity contribution in [3.05, 3.63) is 24.3 Å². The van der Waals surface area contributed by atoms with Gasteiger partial charge in [-0.2, -0.15) is 0 Å². The van der Waals surface area contributed by atoms with Crippen molar-refractivity contribution in [2.75, 3.05) is 52.6 Å². The number of benzene rings is 1. The van der Waals surface area contributed by atoms with Crippen LogP contribution in [0.4, 0.5) is 0 Å². The first kappa shape index (κ1) is 19.7. The Morgan fingerprint density at radius 2 is 1.48 bits per heavy atom. The highest BCUT2D eigenvalue weighted by Gasteiger charge is 2.15. The molecule has 2 aromatic rings. The Hall–Kier alpha value is -0.0400. The number of aromatic nitrogens is 1. The smallest absolute Gasteiger partial charge is 0.165 e. The first-order valence-corrected chi connectivity index (χ1v) is 11.8. The normalized spacial score (nSPS) is 19.6. The minimum absolute atomic E-state index is 0.872. The summed E-state index contributed by atoms with van der Waals surface area (Å²) >= 11 is 2.83. The number of hydrogen-bond donors (Lipinski definition) is 1. The number of ether oxygens (including phenoxy) is 2. The number of para-hydroxylation sites is 1. The number of nitrogens with two attached hydrogens (primary N) is 1. The number of morpholine rings is 2. The second-order valence-electron chi connectivity index (χ2n) is 5.30. The molecule has 138 valence electrons. The van der Waals surface area contributed by atoms with E-state index >= 15 is 0 Å². The molecule has 2 fully saturated rings. The van der Waals surface area contributed by atoms with Crippen LogP contribution in [0, 0.1) is 0 Å². The zero-order valence-electron chi connectivity index (χ0n) is 13.8. The SMILES string of the molecule is C1CN(SSN2CCOCC2)CCO1.NSc1nc2ccccc2s1. The van der Waals surface area contributed by atoms with Crippen molar-refractivity contribution in [3.8, 4) is 0 Å². The highest BCUT2D eigenvalue weighted by Crippen LogP contribution is 2.30. The number of hydrogen-bond acceptors (Lipinski definition) is 10. The van der Waals surface area contributed by atoms with Crippen LogP contribution >= 0.6 is 45.2 Å². The largest absolute Gasteiger partial charge is 0.379 e. The van der Waals surface area contributed by atoms with Gasteiger partial charge in [-0.25, -0.2) is 13.6 Å². The topological polar surface area (TPSA) is 63.9 Å². The Balaban J connectivity index is 0.000000150. The van der Waals surface area contributed by atoms with Gasteiger partial charge in [-0.15, -0.1) is 11.3 Å². The summed E-state index contributed by atoms with van der Waals surface area (Å²) in [6, 6.07) is 8.02. The highest BCUT2D eigenvalue weighted by molar-refractivity contribution is 8.74. The van der Waals surface area contributed by atoms with Gasteiger partial charge in [-0.1, -0.05) is 12.1 Å². The fourth-order valence-corrected chi connectivity index (χ4v) is 5.79. The average Bonchev–Trinajstić information content (AvgIpc) is 3.12. The molecule has 25 heavy (non-hydrogen) atoms. The van der Waals surface area contributed by atoms with Crippen molar-refractivity contribution in [2.45, 2.75) is 4.34 Å². The molecule has 0 saturated carbocycles. The van der Waals surface area contributed by atoms with Crippen LogP contribution in [0.1, 0.15) is 0 Å². The maximum absolute atomic E-state index is 5.38. The molecule has 4 rings (SSSR count). The Labute approximate surface area is 164 Å². The van der Waals surface area contributed by atoms with Gasteiger partial charge in [-0.3, -0.25) is 5.14 Å². The maximum atomic E-state index is 5.38. The maximum Gasteiger partial charge on any atom is 0.165 e. The summed E-state index contributed by atoms with van der Waals surface area (Å²) in [5.74, 6) is 0. The van der Waals surface area contributed by atoms with Crippen LogP contribution in [0.25, 0.3) is 10.2 Å². The Morgan fingerprint density at radius 1 is 0.920 bits per heavy atom. The minimum atomic E-state index is 0.872. The molecular formula is C15H22N4O2S4. The summed E-state index contributed by atoms with van der Waals surface area (Å²) in [5, 5.41) is 5.38. The molecular weight excluding hydrogens is 396 g/mol. The van der Waals surface area contributed by atoms with Gasteiger partial charge in [0.2, 0.25) is 0 Å². The first-order valence-electron chi connectivity index (χ1n) is 8.07. The lowest BCUT2D eigenvalue weighted by atomic mass is 10.3. The van der Waals surface area contributed by atoms with Crippen LogP contribution in [0.3, 0.4) is 0 Å². The first-order chi connectivity index (χ1) is 12.3. The van der Waals surface area contributed by atoms with Crippen LogP contribution < -0.4 is 5.14 Å². The van der Waals surface area contributed by atoms with Gasteiger partial charge >= 0.3 is 0 Å². The van der Waals surface area contributed by atoms with E-state index in [-0.39, 0.29) is 0 Å². The molecule has 1 aromatic carbocycles. The highest BCUT2D eigenvalue weighted by atomic mass is 33.1. The molecule has 2 aliphatic rings. The van der Waals surface area contributed by atoms with Crippen LogP contribution in [-0.4, -0.2) is 66.2 Å². The zero-order valence-corrected chi connectivity index (χ0v) is 17.1. The van der Waals surface area contributed by atoms with E-state index in [1.165, 1.54) is 16.6 Å². The second-order valence-corrected chi connectivity index (χ2v) is 9.43. The minimum Gasteiger partial charge on any atom is -0.379 e. The van der Waals surface area contributed by atoms with Crippen molar-refractivity contribution >= 4 is 55.5 Å². The van der Waals surface area contributed by atoms with Gasteiger partial charge in [0.25, 0.3) is 0 Å². The van der Waals surface area contributed by atoms with Crippen LogP contribution in [0.2, 0.25) is 0 Å². The molecule has 0 atom stereocenters. The monoisotopic (exact) mass is 418 g/mol. The fourth-order valence-electron chi connectivity index (χ4n) is 2.24. The van der Waals surface area contributed by atoms with Gasteiger partial charge in [0.15, 0.2) is 4.34 Å². The molecule has 2 N–H and O–H groups in total. The van der Waals surface area contributed by atoms with Crippen molar-refractivity contribution in [1.29, 1.82) is 0 Å². The third-order valence-corrected chi connectivity index (χ3v) is 7.91. The van der Waals surface area contributed by atoms with E-state index in [0.29, 0.717) is 0 Å². The number of fused-ring (bicyclic) bond motifs is 1.